The summed E-state index contributed by atoms with van der Waals surface area (Å²) in [5.74, 6) is 0.812. The van der Waals surface area contributed by atoms with Crippen molar-refractivity contribution >= 4 is 30.1 Å². The second-order valence-corrected chi connectivity index (χ2v) is 8.98. The van der Waals surface area contributed by atoms with Crippen molar-refractivity contribution in [2.75, 3.05) is 13.8 Å². The number of isothiocyanates is 1. The predicted octanol–water partition coefficient (Wildman–Crippen LogP) is 3.51. The molecule has 1 aromatic heterocycles. The molecule has 2 aromatic rings. The van der Waals surface area contributed by atoms with E-state index in [1.165, 1.54) is 0 Å². The fraction of sp³-hybridized carbons (Fsp3) is 0.333. The van der Waals surface area contributed by atoms with E-state index in [9.17, 15) is 4.57 Å². The number of aromatic nitrogens is 1. The molecule has 1 N–H and O–H groups in total. The molecule has 0 radical (unpaired) electrons. The second kappa shape index (κ2) is 7.59. The van der Waals surface area contributed by atoms with Gasteiger partial charge < -0.3 is 9.30 Å². The molecule has 0 aliphatic heterocycles. The molecule has 7 heteroatoms. The van der Waals surface area contributed by atoms with E-state index in [2.05, 4.69) is 32.4 Å². The van der Waals surface area contributed by atoms with Gasteiger partial charge in [0.2, 0.25) is 0 Å². The Balaban J connectivity index is 1.68. The number of nitrogens with one attached hydrogen (secondary N) is 1. The molecule has 0 saturated heterocycles. The number of benzene rings is 1. The van der Waals surface area contributed by atoms with Gasteiger partial charge in [0.05, 0.1) is 18.3 Å². The van der Waals surface area contributed by atoms with E-state index in [1.807, 2.05) is 36.4 Å². The Kier molecular flexibility index (Phi) is 5.45. The zero-order valence-corrected chi connectivity index (χ0v) is 15.9. The maximum Gasteiger partial charge on any atom is 0.191 e. The first-order valence-electron chi connectivity index (χ1n) is 8.05. The van der Waals surface area contributed by atoms with Crippen molar-refractivity contribution in [1.82, 2.24) is 10.1 Å². The molecule has 1 aliphatic rings. The van der Waals surface area contributed by atoms with Crippen LogP contribution in [0.1, 0.15) is 12.8 Å². The number of hydrogen-bond acceptors (Lipinski definition) is 5. The van der Waals surface area contributed by atoms with Gasteiger partial charge in [-0.25, -0.2) is 4.99 Å². The number of aliphatic imine (C=N–C) groups is 1. The highest BCUT2D eigenvalue weighted by atomic mass is 32.1. The molecule has 0 spiro atoms. The molecule has 0 bridgehead atoms. The summed E-state index contributed by atoms with van der Waals surface area (Å²) in [7, 11) is -1.06. The Morgan fingerprint density at radius 1 is 1.24 bits per heavy atom. The lowest BCUT2D eigenvalue weighted by atomic mass is 9.88. The molecular weight excluding hydrogens is 353 g/mol. The first-order valence-corrected chi connectivity index (χ1v) is 10.6. The van der Waals surface area contributed by atoms with Gasteiger partial charge in [0.25, 0.3) is 0 Å². The number of pyridine rings is 1. The van der Waals surface area contributed by atoms with Crippen LogP contribution in [0, 0.1) is 0 Å². The summed E-state index contributed by atoms with van der Waals surface area (Å²) in [6.07, 6.45) is 3.44. The molecule has 1 atom stereocenters. The van der Waals surface area contributed by atoms with E-state index < -0.39 is 7.29 Å². The monoisotopic (exact) mass is 373 g/mol. The van der Waals surface area contributed by atoms with Crippen LogP contribution < -0.4 is 15.3 Å². The molecule has 1 unspecified atom stereocenters. The minimum atomic E-state index is -2.71. The summed E-state index contributed by atoms with van der Waals surface area (Å²) in [6, 6.07) is 11.9. The van der Waals surface area contributed by atoms with Crippen LogP contribution in [-0.4, -0.2) is 36.0 Å². The van der Waals surface area contributed by atoms with E-state index >= 15 is 0 Å². The molecule has 1 heterocycles. The zero-order chi connectivity index (χ0) is 17.9. The maximum absolute atomic E-state index is 13.0. The average molecular weight is 373 g/mol. The summed E-state index contributed by atoms with van der Waals surface area (Å²) in [6.45, 7) is 1.72. The van der Waals surface area contributed by atoms with Crippen LogP contribution in [0.15, 0.2) is 47.6 Å². The maximum atomic E-state index is 13.0. The van der Waals surface area contributed by atoms with Gasteiger partial charge in [-0.05, 0) is 48.8 Å². The van der Waals surface area contributed by atoms with Crippen molar-refractivity contribution < 1.29 is 9.30 Å². The van der Waals surface area contributed by atoms with E-state index in [-0.39, 0.29) is 12.1 Å². The largest absolute Gasteiger partial charge is 0.497 e. The van der Waals surface area contributed by atoms with Crippen LogP contribution in [0.3, 0.4) is 0 Å². The Morgan fingerprint density at radius 2 is 1.92 bits per heavy atom. The normalized spacial score (nSPS) is 21.5. The van der Waals surface area contributed by atoms with Gasteiger partial charge in [-0.3, -0.25) is 10.1 Å². The fourth-order valence-corrected chi connectivity index (χ4v) is 4.71. The van der Waals surface area contributed by atoms with Gasteiger partial charge in [-0.2, -0.15) is 0 Å². The minimum absolute atomic E-state index is 0.191. The van der Waals surface area contributed by atoms with Crippen LogP contribution in [0.4, 0.5) is 0 Å². The highest BCUT2D eigenvalue weighted by molar-refractivity contribution is 7.78. The predicted molar refractivity (Wildman–Crippen MR) is 104 cm³/mol. The fourth-order valence-electron chi connectivity index (χ4n) is 2.88. The molecule has 3 rings (SSSR count). The first-order chi connectivity index (χ1) is 12.0. The van der Waals surface area contributed by atoms with Crippen LogP contribution in [0.5, 0.6) is 5.75 Å². The number of rotatable bonds is 6. The Hall–Kier alpha value is -1.84. The van der Waals surface area contributed by atoms with Gasteiger partial charge in [-0.15, -0.1) is 0 Å². The lowest BCUT2D eigenvalue weighted by Crippen LogP contribution is -2.43. The quantitative estimate of drug-likeness (QED) is 0.477. The Bertz CT molecular complexity index is 826. The standard InChI is InChI=1S/C18H20N3O2PS/c1-23-17-6-3-13(4-7-17)14-5-8-18(19-11-14)24(2,22)21-16-9-15(10-16)20-12-25/h3-8,11,15-16H,9-10H2,1-2H3,(H,21,22). The van der Waals surface area contributed by atoms with Crippen molar-refractivity contribution in [3.8, 4) is 16.9 Å². The van der Waals surface area contributed by atoms with E-state index in [1.54, 1.807) is 20.0 Å². The molecule has 5 nitrogen and oxygen atoms in total. The van der Waals surface area contributed by atoms with E-state index in [0.717, 1.165) is 29.7 Å². The number of hydrogen-bond donors (Lipinski definition) is 1. The molecule has 25 heavy (non-hydrogen) atoms. The Morgan fingerprint density at radius 3 is 2.48 bits per heavy atom. The van der Waals surface area contributed by atoms with Crippen molar-refractivity contribution in [2.24, 2.45) is 4.99 Å². The molecular formula is C18H20N3O2PS. The van der Waals surface area contributed by atoms with Gasteiger partial charge in [0.15, 0.2) is 7.29 Å². The molecule has 1 aliphatic carbocycles. The number of ether oxygens (including phenoxy) is 1. The van der Waals surface area contributed by atoms with E-state index in [4.69, 9.17) is 4.74 Å². The van der Waals surface area contributed by atoms with Crippen molar-refractivity contribution in [3.63, 3.8) is 0 Å². The topological polar surface area (TPSA) is 63.6 Å². The van der Waals surface area contributed by atoms with Crippen molar-refractivity contribution in [1.29, 1.82) is 0 Å². The third-order valence-corrected chi connectivity index (χ3v) is 6.49. The third kappa shape index (κ3) is 4.23. The minimum Gasteiger partial charge on any atom is -0.497 e. The van der Waals surface area contributed by atoms with Crippen molar-refractivity contribution in [2.45, 2.75) is 24.9 Å². The summed E-state index contributed by atoms with van der Waals surface area (Å²) < 4.78 is 18.1. The number of methoxy groups -OCH3 is 1. The summed E-state index contributed by atoms with van der Waals surface area (Å²) in [5.41, 5.74) is 2.61. The van der Waals surface area contributed by atoms with Crippen LogP contribution in [0.2, 0.25) is 0 Å². The van der Waals surface area contributed by atoms with Gasteiger partial charge in [0.1, 0.15) is 11.2 Å². The Labute approximate surface area is 153 Å². The van der Waals surface area contributed by atoms with E-state index in [0.29, 0.717) is 5.44 Å². The van der Waals surface area contributed by atoms with Crippen LogP contribution >= 0.6 is 19.5 Å². The van der Waals surface area contributed by atoms with Gasteiger partial charge in [0, 0.05) is 24.5 Å². The highest BCUT2D eigenvalue weighted by Crippen LogP contribution is 2.39. The first kappa shape index (κ1) is 18.0. The molecule has 0 amide bonds. The second-order valence-electron chi connectivity index (χ2n) is 6.23. The third-order valence-electron chi connectivity index (χ3n) is 4.39. The van der Waals surface area contributed by atoms with Crippen LogP contribution in [0.25, 0.3) is 11.1 Å². The summed E-state index contributed by atoms with van der Waals surface area (Å²) >= 11 is 4.61. The number of thiocarbonyl (C=S) groups is 1. The van der Waals surface area contributed by atoms with Crippen LogP contribution in [-0.2, 0) is 4.57 Å². The van der Waals surface area contributed by atoms with Gasteiger partial charge >= 0.3 is 0 Å². The summed E-state index contributed by atoms with van der Waals surface area (Å²) in [4.78, 5) is 8.48. The SMILES string of the molecule is COc1ccc(-c2ccc(P(C)(=O)NC3CC(N=C=S)C3)nc2)cc1. The lowest BCUT2D eigenvalue weighted by molar-refractivity contribution is 0.331. The molecule has 1 fully saturated rings. The highest BCUT2D eigenvalue weighted by Gasteiger charge is 2.33. The molecule has 1 saturated carbocycles. The van der Waals surface area contributed by atoms with Gasteiger partial charge in [-0.1, -0.05) is 18.2 Å². The smallest absolute Gasteiger partial charge is 0.191 e. The summed E-state index contributed by atoms with van der Waals surface area (Å²) in [5, 5.41) is 5.63. The molecule has 130 valence electrons. The average Bonchev–Trinajstić information content (AvgIpc) is 2.60. The number of nitrogens with zero attached hydrogens (tertiary/aromatic N) is 2. The molecule has 1 aromatic carbocycles. The zero-order valence-electron chi connectivity index (χ0n) is 14.2. The lowest BCUT2D eigenvalue weighted by Gasteiger charge is -2.34. The van der Waals surface area contributed by atoms with Crippen molar-refractivity contribution in [3.05, 3.63) is 42.6 Å².